The van der Waals surface area contributed by atoms with Gasteiger partial charge < -0.3 is 20.3 Å². The highest BCUT2D eigenvalue weighted by atomic mass is 16.5. The summed E-state index contributed by atoms with van der Waals surface area (Å²) in [6, 6.07) is 7.60. The average molecular weight is 281 g/mol. The number of aliphatic hydroxyl groups is 1. The van der Waals surface area contributed by atoms with Gasteiger partial charge >= 0.3 is 5.97 Å². The van der Waals surface area contributed by atoms with E-state index in [0.717, 1.165) is 5.56 Å². The fourth-order valence-electron chi connectivity index (χ4n) is 1.63. The first-order chi connectivity index (χ1) is 9.47. The van der Waals surface area contributed by atoms with Gasteiger partial charge in [-0.05, 0) is 24.1 Å². The van der Waals surface area contributed by atoms with Gasteiger partial charge in [0.15, 0.2) is 0 Å². The molecule has 0 aliphatic rings. The number of benzene rings is 1. The van der Waals surface area contributed by atoms with Crippen LogP contribution in [0.25, 0.3) is 0 Å². The highest BCUT2D eigenvalue weighted by molar-refractivity contribution is 5.67. The molecule has 5 heteroatoms. The van der Waals surface area contributed by atoms with Crippen LogP contribution in [0, 0.1) is 0 Å². The molecule has 1 aromatic carbocycles. The fourth-order valence-corrected chi connectivity index (χ4v) is 1.63. The molecule has 1 rings (SSSR count). The van der Waals surface area contributed by atoms with E-state index >= 15 is 0 Å². The number of aryl methyl sites for hydroxylation is 1. The Hall–Kier alpha value is -1.59. The maximum absolute atomic E-state index is 10.5. The molecule has 0 heterocycles. The molecule has 1 aromatic rings. The monoisotopic (exact) mass is 281 g/mol. The predicted octanol–water partition coefficient (Wildman–Crippen LogP) is 1.44. The molecule has 0 saturated carbocycles. The van der Waals surface area contributed by atoms with Crippen LogP contribution in [0.3, 0.4) is 0 Å². The van der Waals surface area contributed by atoms with E-state index in [2.05, 4.69) is 5.32 Å². The van der Waals surface area contributed by atoms with Gasteiger partial charge in [-0.2, -0.15) is 0 Å². The maximum atomic E-state index is 10.5. The molecule has 1 atom stereocenters. The Morgan fingerprint density at radius 3 is 2.50 bits per heavy atom. The minimum atomic E-state index is -0.800. The second-order valence-corrected chi connectivity index (χ2v) is 5.07. The zero-order chi connectivity index (χ0) is 15.0. The number of aliphatic hydroxyl groups excluding tert-OH is 1. The Morgan fingerprint density at radius 2 is 1.95 bits per heavy atom. The minimum Gasteiger partial charge on any atom is -0.491 e. The molecule has 1 unspecified atom stereocenters. The van der Waals surface area contributed by atoms with Gasteiger partial charge in [-0.15, -0.1) is 0 Å². The molecule has 0 saturated heterocycles. The molecule has 0 amide bonds. The Labute approximate surface area is 119 Å². The summed E-state index contributed by atoms with van der Waals surface area (Å²) in [4.78, 5) is 10.5. The highest BCUT2D eigenvalue weighted by Gasteiger charge is 2.06. The first kappa shape index (κ1) is 16.5. The van der Waals surface area contributed by atoms with Gasteiger partial charge in [0, 0.05) is 19.0 Å². The number of hydrogen-bond acceptors (Lipinski definition) is 4. The molecule has 0 radical (unpaired) electrons. The van der Waals surface area contributed by atoms with Crippen LogP contribution >= 0.6 is 0 Å². The normalized spacial score (nSPS) is 12.4. The topological polar surface area (TPSA) is 78.8 Å². The van der Waals surface area contributed by atoms with Crippen LogP contribution in [-0.4, -0.2) is 41.5 Å². The van der Waals surface area contributed by atoms with Crippen molar-refractivity contribution in [1.82, 2.24) is 5.32 Å². The quantitative estimate of drug-likeness (QED) is 0.638. The number of hydrogen-bond donors (Lipinski definition) is 3. The van der Waals surface area contributed by atoms with E-state index in [0.29, 0.717) is 24.8 Å². The summed E-state index contributed by atoms with van der Waals surface area (Å²) in [5.74, 6) is -0.126. The summed E-state index contributed by atoms with van der Waals surface area (Å²) in [6.07, 6.45) is 0.0835. The average Bonchev–Trinajstić information content (AvgIpc) is 2.41. The third-order valence-corrected chi connectivity index (χ3v) is 2.76. The molecular weight excluding hydrogens is 258 g/mol. The van der Waals surface area contributed by atoms with Crippen LogP contribution in [0.15, 0.2) is 24.3 Å². The van der Waals surface area contributed by atoms with Crippen molar-refractivity contribution in [2.24, 2.45) is 0 Å². The Morgan fingerprint density at radius 1 is 1.30 bits per heavy atom. The summed E-state index contributed by atoms with van der Waals surface area (Å²) >= 11 is 0. The van der Waals surface area contributed by atoms with Crippen LogP contribution in [0.4, 0.5) is 0 Å². The lowest BCUT2D eigenvalue weighted by Crippen LogP contribution is -2.35. The number of carboxylic acids is 1. The predicted molar refractivity (Wildman–Crippen MR) is 77.0 cm³/mol. The number of carboxylic acid groups (broad SMARTS) is 1. The smallest absolute Gasteiger partial charge is 0.303 e. The van der Waals surface area contributed by atoms with Crippen molar-refractivity contribution in [2.45, 2.75) is 38.8 Å². The third kappa shape index (κ3) is 7.11. The van der Waals surface area contributed by atoms with E-state index in [9.17, 15) is 9.90 Å². The molecule has 0 aromatic heterocycles. The number of nitrogens with one attached hydrogen (secondary N) is 1. The van der Waals surface area contributed by atoms with Crippen LogP contribution in [-0.2, 0) is 11.2 Å². The Bertz CT molecular complexity index is 403. The zero-order valence-corrected chi connectivity index (χ0v) is 12.0. The van der Waals surface area contributed by atoms with Crippen molar-refractivity contribution in [2.75, 3.05) is 13.2 Å². The summed E-state index contributed by atoms with van der Waals surface area (Å²) in [7, 11) is 0. The summed E-state index contributed by atoms with van der Waals surface area (Å²) in [5.41, 5.74) is 0.960. The molecule has 112 valence electrons. The first-order valence-corrected chi connectivity index (χ1v) is 6.82. The number of ether oxygens (including phenoxy) is 1. The van der Waals surface area contributed by atoms with Gasteiger partial charge in [0.2, 0.25) is 0 Å². The van der Waals surface area contributed by atoms with E-state index < -0.39 is 12.1 Å². The highest BCUT2D eigenvalue weighted by Crippen LogP contribution is 2.13. The standard InChI is InChI=1S/C15H23NO4/c1-11(2)16-9-13(17)10-20-14-6-3-12(4-7-14)5-8-15(18)19/h3-4,6-7,11,13,16-17H,5,8-10H2,1-2H3,(H,18,19). The molecular formula is C15H23NO4. The molecule has 0 aliphatic carbocycles. The van der Waals surface area contributed by atoms with E-state index in [1.165, 1.54) is 0 Å². The molecule has 3 N–H and O–H groups in total. The lowest BCUT2D eigenvalue weighted by atomic mass is 10.1. The zero-order valence-electron chi connectivity index (χ0n) is 12.0. The van der Waals surface area contributed by atoms with E-state index in [1.807, 2.05) is 26.0 Å². The SMILES string of the molecule is CC(C)NCC(O)COc1ccc(CCC(=O)O)cc1. The molecule has 20 heavy (non-hydrogen) atoms. The second-order valence-electron chi connectivity index (χ2n) is 5.07. The Balaban J connectivity index is 2.32. The maximum Gasteiger partial charge on any atom is 0.303 e. The summed E-state index contributed by atoms with van der Waals surface area (Å²) < 4.78 is 5.47. The number of aliphatic carboxylic acids is 1. The number of carbonyl (C=O) groups is 1. The third-order valence-electron chi connectivity index (χ3n) is 2.76. The van der Waals surface area contributed by atoms with Gasteiger partial charge in [0.1, 0.15) is 18.5 Å². The van der Waals surface area contributed by atoms with Crippen molar-refractivity contribution >= 4 is 5.97 Å². The molecule has 0 fully saturated rings. The molecule has 0 spiro atoms. The van der Waals surface area contributed by atoms with E-state index in [-0.39, 0.29) is 13.0 Å². The van der Waals surface area contributed by atoms with Crippen LogP contribution in [0.1, 0.15) is 25.8 Å². The first-order valence-electron chi connectivity index (χ1n) is 6.82. The van der Waals surface area contributed by atoms with Crippen LogP contribution < -0.4 is 10.1 Å². The van der Waals surface area contributed by atoms with Gasteiger partial charge in [-0.3, -0.25) is 4.79 Å². The van der Waals surface area contributed by atoms with Crippen LogP contribution in [0.2, 0.25) is 0 Å². The summed E-state index contributed by atoms with van der Waals surface area (Å²) in [5, 5.41) is 21.4. The van der Waals surface area contributed by atoms with E-state index in [1.54, 1.807) is 12.1 Å². The molecule has 0 bridgehead atoms. The summed E-state index contributed by atoms with van der Waals surface area (Å²) in [6.45, 7) is 4.76. The minimum absolute atomic E-state index is 0.125. The van der Waals surface area contributed by atoms with Crippen molar-refractivity contribution in [3.63, 3.8) is 0 Å². The van der Waals surface area contributed by atoms with Crippen LogP contribution in [0.5, 0.6) is 5.75 Å². The molecule has 5 nitrogen and oxygen atoms in total. The van der Waals surface area contributed by atoms with Crippen molar-refractivity contribution < 1.29 is 19.7 Å². The van der Waals surface area contributed by atoms with Gasteiger partial charge in [0.25, 0.3) is 0 Å². The molecule has 0 aliphatic heterocycles. The van der Waals surface area contributed by atoms with E-state index in [4.69, 9.17) is 9.84 Å². The van der Waals surface area contributed by atoms with Gasteiger partial charge in [0.05, 0.1) is 0 Å². The van der Waals surface area contributed by atoms with Crippen molar-refractivity contribution in [3.05, 3.63) is 29.8 Å². The lowest BCUT2D eigenvalue weighted by Gasteiger charge is -2.15. The lowest BCUT2D eigenvalue weighted by molar-refractivity contribution is -0.136. The number of rotatable bonds is 9. The fraction of sp³-hybridized carbons (Fsp3) is 0.533. The largest absolute Gasteiger partial charge is 0.491 e. The van der Waals surface area contributed by atoms with Crippen molar-refractivity contribution in [3.8, 4) is 5.75 Å². The van der Waals surface area contributed by atoms with Gasteiger partial charge in [-0.25, -0.2) is 0 Å². The second kappa shape index (κ2) is 8.55. The van der Waals surface area contributed by atoms with Gasteiger partial charge in [-0.1, -0.05) is 26.0 Å². The van der Waals surface area contributed by atoms with Crippen molar-refractivity contribution in [1.29, 1.82) is 0 Å². The Kier molecular flexibility index (Phi) is 7.04.